The Morgan fingerprint density at radius 3 is 2.44 bits per heavy atom. The first-order valence-electron chi connectivity index (χ1n) is 3.07. The zero-order valence-electron chi connectivity index (χ0n) is 5.87. The van der Waals surface area contributed by atoms with Crippen molar-refractivity contribution in [1.29, 1.82) is 0 Å². The van der Waals surface area contributed by atoms with Crippen molar-refractivity contribution in [2.75, 3.05) is 12.4 Å². The summed E-state index contributed by atoms with van der Waals surface area (Å²) < 4.78 is 5.10. The highest BCUT2D eigenvalue weighted by molar-refractivity contribution is 7.80. The van der Waals surface area contributed by atoms with Gasteiger partial charge in [0.15, 0.2) is 0 Å². The van der Waals surface area contributed by atoms with E-state index in [4.69, 9.17) is 9.84 Å². The molecule has 0 spiro atoms. The van der Waals surface area contributed by atoms with E-state index in [-0.39, 0.29) is 6.10 Å². The zero-order chi connectivity index (χ0) is 7.28. The van der Waals surface area contributed by atoms with Crippen LogP contribution in [0, 0.1) is 0 Å². The van der Waals surface area contributed by atoms with Crippen LogP contribution < -0.4 is 0 Å². The average Bonchev–Trinajstić information content (AvgIpc) is 1.83. The van der Waals surface area contributed by atoms with E-state index >= 15 is 0 Å². The predicted octanol–water partition coefficient (Wildman–Crippen LogP) is 0.702. The highest BCUT2D eigenvalue weighted by Gasteiger charge is 2.01. The number of ether oxygens (including phenoxy) is 1. The Kier molecular flexibility index (Phi) is 5.24. The normalized spacial score (nSPS) is 14.3. The van der Waals surface area contributed by atoms with Crippen LogP contribution in [-0.2, 0) is 4.74 Å². The molecule has 0 aromatic heterocycles. The van der Waals surface area contributed by atoms with E-state index in [9.17, 15) is 0 Å². The Balaban J connectivity index is 3.06. The Bertz CT molecular complexity index is 66.1. The largest absolute Gasteiger partial charge is 0.390 e. The summed E-state index contributed by atoms with van der Waals surface area (Å²) in [7, 11) is 0. The molecule has 0 amide bonds. The number of thiol groups is 1. The molecule has 0 aromatic carbocycles. The maximum Gasteiger partial charge on any atom is 0.0861 e. The second-order valence-corrected chi connectivity index (χ2v) is 2.58. The first-order chi connectivity index (χ1) is 4.16. The molecule has 0 bridgehead atoms. The molecule has 1 N–H and O–H groups in total. The molecule has 0 rings (SSSR count). The van der Waals surface area contributed by atoms with Crippen LogP contribution in [0.3, 0.4) is 0 Å². The van der Waals surface area contributed by atoms with Crippen LogP contribution in [0.4, 0.5) is 0 Å². The molecule has 0 radical (unpaired) electrons. The Hall–Kier alpha value is 0.270. The number of hydrogen-bond donors (Lipinski definition) is 2. The Labute approximate surface area is 61.6 Å². The van der Waals surface area contributed by atoms with Gasteiger partial charge in [0, 0.05) is 5.75 Å². The Morgan fingerprint density at radius 1 is 1.56 bits per heavy atom. The molecule has 3 heteroatoms. The molecule has 1 unspecified atom stereocenters. The smallest absolute Gasteiger partial charge is 0.0861 e. The third-order valence-electron chi connectivity index (χ3n) is 0.833. The van der Waals surface area contributed by atoms with Gasteiger partial charge in [0.05, 0.1) is 18.8 Å². The minimum atomic E-state index is -0.421. The second-order valence-electron chi connectivity index (χ2n) is 2.22. The second kappa shape index (κ2) is 5.09. The van der Waals surface area contributed by atoms with E-state index in [1.165, 1.54) is 0 Å². The van der Waals surface area contributed by atoms with Crippen LogP contribution in [0.2, 0.25) is 0 Å². The maximum absolute atomic E-state index is 8.91. The van der Waals surface area contributed by atoms with E-state index in [1.807, 2.05) is 13.8 Å². The van der Waals surface area contributed by atoms with Gasteiger partial charge in [-0.05, 0) is 13.8 Å². The predicted molar refractivity (Wildman–Crippen MR) is 40.9 cm³/mol. The van der Waals surface area contributed by atoms with Gasteiger partial charge in [-0.15, -0.1) is 0 Å². The van der Waals surface area contributed by atoms with Gasteiger partial charge in [-0.25, -0.2) is 0 Å². The van der Waals surface area contributed by atoms with E-state index in [0.717, 1.165) is 0 Å². The first kappa shape index (κ1) is 9.27. The first-order valence-corrected chi connectivity index (χ1v) is 3.70. The molecular formula is C6H14O2S. The summed E-state index contributed by atoms with van der Waals surface area (Å²) in [5, 5.41) is 8.91. The van der Waals surface area contributed by atoms with Gasteiger partial charge >= 0.3 is 0 Å². The van der Waals surface area contributed by atoms with Crippen LogP contribution in [0.25, 0.3) is 0 Å². The van der Waals surface area contributed by atoms with Crippen molar-refractivity contribution in [2.24, 2.45) is 0 Å². The van der Waals surface area contributed by atoms with Crippen molar-refractivity contribution < 1.29 is 9.84 Å². The summed E-state index contributed by atoms with van der Waals surface area (Å²) in [6.07, 6.45) is -0.227. The van der Waals surface area contributed by atoms with Gasteiger partial charge < -0.3 is 9.84 Å². The molecule has 0 saturated heterocycles. The number of rotatable bonds is 4. The molecule has 56 valence electrons. The summed E-state index contributed by atoms with van der Waals surface area (Å²) >= 11 is 3.89. The summed E-state index contributed by atoms with van der Waals surface area (Å²) in [5.41, 5.74) is 0. The fourth-order valence-corrected chi connectivity index (χ4v) is 0.462. The SMILES string of the molecule is CC(C)OCC(O)CS. The van der Waals surface area contributed by atoms with E-state index in [2.05, 4.69) is 12.6 Å². The quantitative estimate of drug-likeness (QED) is 0.578. The van der Waals surface area contributed by atoms with E-state index in [1.54, 1.807) is 0 Å². The molecule has 0 aliphatic rings. The lowest BCUT2D eigenvalue weighted by Crippen LogP contribution is -2.19. The van der Waals surface area contributed by atoms with Crippen molar-refractivity contribution in [1.82, 2.24) is 0 Å². The molecule has 0 heterocycles. The van der Waals surface area contributed by atoms with Gasteiger partial charge in [0.25, 0.3) is 0 Å². The van der Waals surface area contributed by atoms with Crippen LogP contribution in [0.15, 0.2) is 0 Å². The van der Waals surface area contributed by atoms with Crippen LogP contribution in [-0.4, -0.2) is 29.7 Å². The summed E-state index contributed by atoms with van der Waals surface area (Å²) in [6, 6.07) is 0. The molecule has 9 heavy (non-hydrogen) atoms. The van der Waals surface area contributed by atoms with E-state index < -0.39 is 6.10 Å². The highest BCUT2D eigenvalue weighted by Crippen LogP contribution is 1.92. The van der Waals surface area contributed by atoms with Crippen molar-refractivity contribution in [3.05, 3.63) is 0 Å². The van der Waals surface area contributed by atoms with Crippen molar-refractivity contribution in [3.8, 4) is 0 Å². The van der Waals surface area contributed by atoms with Gasteiger partial charge in [0.2, 0.25) is 0 Å². The number of aliphatic hydroxyl groups is 1. The van der Waals surface area contributed by atoms with Crippen LogP contribution in [0.1, 0.15) is 13.8 Å². The lowest BCUT2D eigenvalue weighted by Gasteiger charge is -2.10. The van der Waals surface area contributed by atoms with Crippen LogP contribution >= 0.6 is 12.6 Å². The monoisotopic (exact) mass is 150 g/mol. The highest BCUT2D eigenvalue weighted by atomic mass is 32.1. The average molecular weight is 150 g/mol. The molecule has 2 nitrogen and oxygen atoms in total. The molecule has 0 aliphatic heterocycles. The van der Waals surface area contributed by atoms with Crippen LogP contribution in [0.5, 0.6) is 0 Å². The number of hydrogen-bond acceptors (Lipinski definition) is 3. The molecular weight excluding hydrogens is 136 g/mol. The van der Waals surface area contributed by atoms with Crippen molar-refractivity contribution in [3.63, 3.8) is 0 Å². The standard InChI is InChI=1S/C6H14O2S/c1-5(2)8-3-6(7)4-9/h5-7,9H,3-4H2,1-2H3. The molecule has 0 aromatic rings. The molecule has 0 fully saturated rings. The van der Waals surface area contributed by atoms with Crippen molar-refractivity contribution >= 4 is 12.6 Å². The van der Waals surface area contributed by atoms with Gasteiger partial charge in [0.1, 0.15) is 0 Å². The maximum atomic E-state index is 8.91. The molecule has 1 atom stereocenters. The van der Waals surface area contributed by atoms with Crippen molar-refractivity contribution in [2.45, 2.75) is 26.1 Å². The third kappa shape index (κ3) is 6.15. The minimum absolute atomic E-state index is 0.194. The molecule has 0 saturated carbocycles. The molecule has 0 aliphatic carbocycles. The van der Waals surface area contributed by atoms with Gasteiger partial charge in [-0.3, -0.25) is 0 Å². The topological polar surface area (TPSA) is 29.5 Å². The summed E-state index contributed by atoms with van der Waals surface area (Å²) in [4.78, 5) is 0. The summed E-state index contributed by atoms with van der Waals surface area (Å²) in [5.74, 6) is 0.465. The summed E-state index contributed by atoms with van der Waals surface area (Å²) in [6.45, 7) is 4.26. The van der Waals surface area contributed by atoms with Gasteiger partial charge in [-0.2, -0.15) is 12.6 Å². The third-order valence-corrected chi connectivity index (χ3v) is 1.25. The van der Waals surface area contributed by atoms with Gasteiger partial charge in [-0.1, -0.05) is 0 Å². The fourth-order valence-electron chi connectivity index (χ4n) is 0.356. The van der Waals surface area contributed by atoms with E-state index in [0.29, 0.717) is 12.4 Å². The number of aliphatic hydroxyl groups excluding tert-OH is 1. The Morgan fingerprint density at radius 2 is 2.11 bits per heavy atom. The minimum Gasteiger partial charge on any atom is -0.390 e. The zero-order valence-corrected chi connectivity index (χ0v) is 6.77. The lowest BCUT2D eigenvalue weighted by atomic mass is 10.4. The fraction of sp³-hybridized carbons (Fsp3) is 1.00. The lowest BCUT2D eigenvalue weighted by molar-refractivity contribution is 0.0154.